The number of carbonyl (C=O) groups is 2. The monoisotopic (exact) mass is 510 g/mol. The summed E-state index contributed by atoms with van der Waals surface area (Å²) in [4.78, 5) is 30.9. The summed E-state index contributed by atoms with van der Waals surface area (Å²) in [5, 5.41) is 21.4. The number of pyridine rings is 1. The Bertz CT molecular complexity index is 1430. The number of amides is 1. The number of hydrogen-bond donors (Lipinski definition) is 2. The first kappa shape index (κ1) is 25.3. The molecule has 0 unspecified atom stereocenters. The zero-order valence-corrected chi connectivity index (χ0v) is 21.5. The van der Waals surface area contributed by atoms with Crippen LogP contribution in [0.5, 0.6) is 5.75 Å². The van der Waals surface area contributed by atoms with Crippen molar-refractivity contribution in [1.82, 2.24) is 4.98 Å². The van der Waals surface area contributed by atoms with Crippen LogP contribution in [0.3, 0.4) is 0 Å². The van der Waals surface area contributed by atoms with Crippen LogP contribution in [-0.2, 0) is 21.4 Å². The van der Waals surface area contributed by atoms with Gasteiger partial charge < -0.3 is 20.1 Å². The predicted octanol–water partition coefficient (Wildman–Crippen LogP) is 4.77. The minimum absolute atomic E-state index is 0.0473. The standard InChI is InChI=1S/C30H30N4O4/c1-34(2)27-11-9-22(18-32-27)21-8-10-26-23(15-21)30(12-13-38-26)16-24(30)29(37)33-25-14-19(17-31)6-7-20(25)4-3-5-28(35)36/h6-11,14-15,18,24H,3-5,12-13,16H2,1-2H3,(H,33,37)(H,35,36)/t24-,30-/m0/s1. The lowest BCUT2D eigenvalue weighted by atomic mass is 9.85. The summed E-state index contributed by atoms with van der Waals surface area (Å²) < 4.78 is 5.96. The van der Waals surface area contributed by atoms with Crippen molar-refractivity contribution in [2.75, 3.05) is 30.9 Å². The van der Waals surface area contributed by atoms with E-state index in [0.717, 1.165) is 46.7 Å². The van der Waals surface area contributed by atoms with E-state index in [1.54, 1.807) is 18.2 Å². The highest BCUT2D eigenvalue weighted by atomic mass is 16.5. The van der Waals surface area contributed by atoms with Gasteiger partial charge in [0.15, 0.2) is 0 Å². The van der Waals surface area contributed by atoms with E-state index < -0.39 is 5.97 Å². The van der Waals surface area contributed by atoms with Crippen LogP contribution >= 0.6 is 0 Å². The fourth-order valence-electron chi connectivity index (χ4n) is 5.38. The van der Waals surface area contributed by atoms with Crippen molar-refractivity contribution in [3.8, 4) is 22.9 Å². The third kappa shape index (κ3) is 4.92. The van der Waals surface area contributed by atoms with Crippen LogP contribution in [0.15, 0.2) is 54.7 Å². The van der Waals surface area contributed by atoms with Gasteiger partial charge in [-0.3, -0.25) is 9.59 Å². The molecule has 2 heterocycles. The Kier molecular flexibility index (Phi) is 6.77. The van der Waals surface area contributed by atoms with Gasteiger partial charge in [0.1, 0.15) is 11.6 Å². The summed E-state index contributed by atoms with van der Waals surface area (Å²) in [7, 11) is 3.91. The van der Waals surface area contributed by atoms with Gasteiger partial charge in [-0.1, -0.05) is 12.1 Å². The number of nitriles is 1. The maximum absolute atomic E-state index is 13.5. The molecule has 38 heavy (non-hydrogen) atoms. The lowest BCUT2D eigenvalue weighted by Gasteiger charge is -2.27. The van der Waals surface area contributed by atoms with Crippen LogP contribution in [0, 0.1) is 17.2 Å². The van der Waals surface area contributed by atoms with Crippen molar-refractivity contribution in [3.63, 3.8) is 0 Å². The third-order valence-electron chi connectivity index (χ3n) is 7.59. The molecule has 8 nitrogen and oxygen atoms in total. The van der Waals surface area contributed by atoms with E-state index in [-0.39, 0.29) is 23.7 Å². The highest BCUT2D eigenvalue weighted by Gasteiger charge is 2.61. The number of fused-ring (bicyclic) bond motifs is 2. The van der Waals surface area contributed by atoms with Gasteiger partial charge in [-0.25, -0.2) is 4.98 Å². The minimum Gasteiger partial charge on any atom is -0.493 e. The Balaban J connectivity index is 1.38. The normalized spacial score (nSPS) is 19.1. The summed E-state index contributed by atoms with van der Waals surface area (Å²) in [6.45, 7) is 0.555. The molecular weight excluding hydrogens is 480 g/mol. The molecular formula is C30H30N4O4. The number of hydrogen-bond acceptors (Lipinski definition) is 6. The van der Waals surface area contributed by atoms with E-state index >= 15 is 0 Å². The van der Waals surface area contributed by atoms with Crippen molar-refractivity contribution in [2.24, 2.45) is 5.92 Å². The lowest BCUT2D eigenvalue weighted by molar-refractivity contribution is -0.137. The Hall–Kier alpha value is -4.38. The molecule has 0 bridgehead atoms. The van der Waals surface area contributed by atoms with Gasteiger partial charge in [-0.15, -0.1) is 0 Å². The quantitative estimate of drug-likeness (QED) is 0.448. The number of carboxylic acid groups (broad SMARTS) is 1. The summed E-state index contributed by atoms with van der Waals surface area (Å²) >= 11 is 0. The Morgan fingerprint density at radius 3 is 2.71 bits per heavy atom. The van der Waals surface area contributed by atoms with Crippen LogP contribution in [0.1, 0.15) is 42.4 Å². The summed E-state index contributed by atoms with van der Waals surface area (Å²) in [5.74, 6) is 0.537. The van der Waals surface area contributed by atoms with Crippen molar-refractivity contribution in [2.45, 2.75) is 37.5 Å². The van der Waals surface area contributed by atoms with Crippen LogP contribution in [-0.4, -0.2) is 42.7 Å². The summed E-state index contributed by atoms with van der Waals surface area (Å²) in [5.41, 5.74) is 4.64. The molecule has 1 saturated carbocycles. The van der Waals surface area contributed by atoms with E-state index in [0.29, 0.717) is 30.7 Å². The first-order valence-corrected chi connectivity index (χ1v) is 12.8. The number of aromatic nitrogens is 1. The molecule has 1 aliphatic carbocycles. The fourth-order valence-corrected chi connectivity index (χ4v) is 5.38. The molecule has 1 aromatic heterocycles. The zero-order valence-electron chi connectivity index (χ0n) is 21.5. The van der Waals surface area contributed by atoms with Gasteiger partial charge in [0.25, 0.3) is 0 Å². The number of anilines is 2. The van der Waals surface area contributed by atoms with E-state index in [2.05, 4.69) is 22.4 Å². The highest BCUT2D eigenvalue weighted by molar-refractivity contribution is 5.97. The Labute approximate surface area is 221 Å². The van der Waals surface area contributed by atoms with Gasteiger partial charge >= 0.3 is 5.97 Å². The molecule has 8 heteroatoms. The molecule has 0 saturated heterocycles. The van der Waals surface area contributed by atoms with E-state index in [1.807, 2.05) is 49.5 Å². The molecule has 2 N–H and O–H groups in total. The SMILES string of the molecule is CN(C)c1ccc(-c2ccc3c(c2)[C@]2(CCO3)C[C@H]2C(=O)Nc2cc(C#N)ccc2CCCC(=O)O)cn1. The highest BCUT2D eigenvalue weighted by Crippen LogP contribution is 2.61. The number of rotatable bonds is 8. The molecule has 5 rings (SSSR count). The maximum atomic E-state index is 13.5. The lowest BCUT2D eigenvalue weighted by Crippen LogP contribution is -2.27. The fraction of sp³-hybridized carbons (Fsp3) is 0.333. The number of carbonyl (C=O) groups excluding carboxylic acids is 1. The molecule has 1 amide bonds. The third-order valence-corrected chi connectivity index (χ3v) is 7.59. The first-order chi connectivity index (χ1) is 18.3. The average molecular weight is 511 g/mol. The van der Waals surface area contributed by atoms with E-state index in [1.165, 1.54) is 0 Å². The second kappa shape index (κ2) is 10.2. The van der Waals surface area contributed by atoms with Crippen LogP contribution in [0.4, 0.5) is 11.5 Å². The van der Waals surface area contributed by atoms with Crippen molar-refractivity contribution < 1.29 is 19.4 Å². The second-order valence-electron chi connectivity index (χ2n) is 10.2. The molecule has 2 aliphatic rings. The van der Waals surface area contributed by atoms with Gasteiger partial charge in [0.05, 0.1) is 18.2 Å². The van der Waals surface area contributed by atoms with Crippen LogP contribution in [0.25, 0.3) is 11.1 Å². The number of aryl methyl sites for hydroxylation is 1. The molecule has 1 spiro atoms. The first-order valence-electron chi connectivity index (χ1n) is 12.8. The van der Waals surface area contributed by atoms with Gasteiger partial charge in [-0.2, -0.15) is 5.26 Å². The smallest absolute Gasteiger partial charge is 0.303 e. The van der Waals surface area contributed by atoms with Gasteiger partial charge in [0.2, 0.25) is 5.91 Å². The van der Waals surface area contributed by atoms with E-state index in [9.17, 15) is 14.9 Å². The molecule has 3 aromatic rings. The summed E-state index contributed by atoms with van der Waals surface area (Å²) in [6.07, 6.45) is 4.34. The molecule has 1 aliphatic heterocycles. The number of nitrogens with zero attached hydrogens (tertiary/aromatic N) is 3. The topological polar surface area (TPSA) is 116 Å². The van der Waals surface area contributed by atoms with Gasteiger partial charge in [0, 0.05) is 54.9 Å². The Morgan fingerprint density at radius 2 is 2.00 bits per heavy atom. The molecule has 194 valence electrons. The second-order valence-corrected chi connectivity index (χ2v) is 10.2. The minimum atomic E-state index is -0.855. The number of aliphatic carboxylic acids is 1. The number of nitrogens with one attached hydrogen (secondary N) is 1. The maximum Gasteiger partial charge on any atom is 0.303 e. The Morgan fingerprint density at radius 1 is 1.18 bits per heavy atom. The van der Waals surface area contributed by atoms with Crippen molar-refractivity contribution >= 4 is 23.4 Å². The number of carboxylic acids is 1. The van der Waals surface area contributed by atoms with Crippen molar-refractivity contribution in [1.29, 1.82) is 5.26 Å². The van der Waals surface area contributed by atoms with Gasteiger partial charge in [-0.05, 0) is 73.2 Å². The van der Waals surface area contributed by atoms with Crippen molar-refractivity contribution in [3.05, 3.63) is 71.4 Å². The average Bonchev–Trinajstić information content (AvgIpc) is 3.64. The van der Waals surface area contributed by atoms with Crippen LogP contribution < -0.4 is 15.0 Å². The zero-order chi connectivity index (χ0) is 26.9. The van der Waals surface area contributed by atoms with Crippen LogP contribution in [0.2, 0.25) is 0 Å². The molecule has 1 fully saturated rings. The largest absolute Gasteiger partial charge is 0.493 e. The predicted molar refractivity (Wildman–Crippen MR) is 144 cm³/mol. The van der Waals surface area contributed by atoms with E-state index in [4.69, 9.17) is 9.84 Å². The number of ether oxygens (including phenoxy) is 1. The number of benzene rings is 2. The molecule has 2 aromatic carbocycles. The summed E-state index contributed by atoms with van der Waals surface area (Å²) in [6, 6.07) is 17.4. The molecule has 2 atom stereocenters. The molecule has 0 radical (unpaired) electrons.